The highest BCUT2D eigenvalue weighted by Gasteiger charge is 2.21. The molecule has 0 aliphatic rings. The van der Waals surface area contributed by atoms with Crippen LogP contribution in [0.4, 0.5) is 5.88 Å². The van der Waals surface area contributed by atoms with E-state index in [9.17, 15) is 13.2 Å². The van der Waals surface area contributed by atoms with Gasteiger partial charge >= 0.3 is 0 Å². The van der Waals surface area contributed by atoms with Gasteiger partial charge in [0, 0.05) is 17.1 Å². The quantitative estimate of drug-likeness (QED) is 0.828. The molecule has 6 nitrogen and oxygen atoms in total. The zero-order chi connectivity index (χ0) is 17.2. The monoisotopic (exact) mass is 356 g/mol. The van der Waals surface area contributed by atoms with Gasteiger partial charge in [-0.25, -0.2) is 8.42 Å². The number of halogens is 1. The smallest absolute Gasteiger partial charge is 0.261 e. The van der Waals surface area contributed by atoms with Gasteiger partial charge in [-0.15, -0.1) is 0 Å². The average Bonchev–Trinajstić information content (AvgIpc) is 2.89. The van der Waals surface area contributed by atoms with Gasteiger partial charge < -0.3 is 4.52 Å². The molecular weight excluding hydrogens is 340 g/mol. The number of benzene rings is 1. The molecule has 124 valence electrons. The minimum Gasteiger partial charge on any atom is -0.337 e. The van der Waals surface area contributed by atoms with Gasteiger partial charge in [0.25, 0.3) is 9.05 Å². The fourth-order valence-corrected chi connectivity index (χ4v) is 3.40. The first-order valence-electron chi connectivity index (χ1n) is 7.12. The molecule has 0 bridgehead atoms. The van der Waals surface area contributed by atoms with Gasteiger partial charge in [-0.1, -0.05) is 31.1 Å². The Labute approximate surface area is 139 Å². The van der Waals surface area contributed by atoms with Crippen LogP contribution >= 0.6 is 10.7 Å². The third kappa shape index (κ3) is 3.73. The molecule has 2 aromatic rings. The predicted octanol–water partition coefficient (Wildman–Crippen LogP) is 3.49. The van der Waals surface area contributed by atoms with Gasteiger partial charge in [-0.05, 0) is 30.5 Å². The number of aromatic nitrogens is 1. The van der Waals surface area contributed by atoms with Crippen LogP contribution in [0.15, 0.2) is 27.6 Å². The fraction of sp³-hybridized carbons (Fsp3) is 0.333. The first kappa shape index (κ1) is 17.5. The highest BCUT2D eigenvalue weighted by atomic mass is 35.7. The number of hydrogen-bond acceptors (Lipinski definition) is 5. The Morgan fingerprint density at radius 3 is 2.61 bits per heavy atom. The van der Waals surface area contributed by atoms with Crippen molar-refractivity contribution in [3.8, 4) is 11.1 Å². The molecule has 0 saturated heterocycles. The van der Waals surface area contributed by atoms with Crippen molar-refractivity contribution in [1.29, 1.82) is 0 Å². The number of carbonyl (C=O) groups is 1. The lowest BCUT2D eigenvalue weighted by Gasteiger charge is -2.08. The highest BCUT2D eigenvalue weighted by Crippen LogP contribution is 2.35. The van der Waals surface area contributed by atoms with Gasteiger partial charge in [0.05, 0.1) is 16.2 Å². The summed E-state index contributed by atoms with van der Waals surface area (Å²) in [4.78, 5) is 11.6. The third-order valence-electron chi connectivity index (χ3n) is 3.41. The highest BCUT2D eigenvalue weighted by molar-refractivity contribution is 8.13. The Morgan fingerprint density at radius 2 is 2.04 bits per heavy atom. The summed E-state index contributed by atoms with van der Waals surface area (Å²) in [6.45, 7) is 5.27. The maximum Gasteiger partial charge on any atom is 0.261 e. The van der Waals surface area contributed by atoms with E-state index in [1.807, 2.05) is 6.92 Å². The lowest BCUT2D eigenvalue weighted by Crippen LogP contribution is -2.09. The van der Waals surface area contributed by atoms with E-state index in [1.54, 1.807) is 26.0 Å². The van der Waals surface area contributed by atoms with Crippen LogP contribution in [0, 0.1) is 6.92 Å². The van der Waals surface area contributed by atoms with Crippen molar-refractivity contribution in [3.63, 3.8) is 0 Å². The Bertz CT molecular complexity index is 843. The summed E-state index contributed by atoms with van der Waals surface area (Å²) >= 11 is 0. The standard InChI is InChI=1S/C15H17ClN2O4S/c1-4-11-14(15(22-18-11)17-13(19)5-2)10-7-6-9(3)12(8-10)23(16,20)21/h6-8H,4-5H2,1-3H3,(H,17,19). The second kappa shape index (κ2) is 6.72. The molecule has 0 saturated carbocycles. The topological polar surface area (TPSA) is 89.3 Å². The maximum atomic E-state index is 11.7. The van der Waals surface area contributed by atoms with E-state index >= 15 is 0 Å². The lowest BCUT2D eigenvalue weighted by atomic mass is 10.0. The molecule has 0 aliphatic carbocycles. The fourth-order valence-electron chi connectivity index (χ4n) is 2.18. The molecule has 1 heterocycles. The van der Waals surface area contributed by atoms with Gasteiger partial charge in [0.1, 0.15) is 0 Å². The third-order valence-corrected chi connectivity index (χ3v) is 4.88. The van der Waals surface area contributed by atoms with E-state index in [0.717, 1.165) is 0 Å². The molecule has 0 spiro atoms. The van der Waals surface area contributed by atoms with Crippen LogP contribution < -0.4 is 5.32 Å². The molecule has 0 atom stereocenters. The van der Waals surface area contributed by atoms with Gasteiger partial charge in [0.15, 0.2) is 0 Å². The number of hydrogen-bond donors (Lipinski definition) is 1. The molecular formula is C15H17ClN2O4S. The summed E-state index contributed by atoms with van der Waals surface area (Å²) in [6, 6.07) is 4.86. The van der Waals surface area contributed by atoms with Crippen molar-refractivity contribution < 1.29 is 17.7 Å². The normalized spacial score (nSPS) is 11.5. The maximum absolute atomic E-state index is 11.7. The van der Waals surface area contributed by atoms with Crippen molar-refractivity contribution >= 4 is 31.5 Å². The second-order valence-electron chi connectivity index (χ2n) is 5.01. The minimum absolute atomic E-state index is 0.0210. The van der Waals surface area contributed by atoms with Gasteiger partial charge in [0.2, 0.25) is 11.8 Å². The number of anilines is 1. The van der Waals surface area contributed by atoms with Crippen molar-refractivity contribution in [2.75, 3.05) is 5.32 Å². The molecule has 1 aromatic carbocycles. The Kier molecular flexibility index (Phi) is 5.11. The molecule has 1 aromatic heterocycles. The van der Waals surface area contributed by atoms with Gasteiger partial charge in [-0.2, -0.15) is 0 Å². The van der Waals surface area contributed by atoms with Crippen molar-refractivity contribution in [2.45, 2.75) is 38.5 Å². The van der Waals surface area contributed by atoms with E-state index in [2.05, 4.69) is 10.5 Å². The molecule has 8 heteroatoms. The first-order valence-corrected chi connectivity index (χ1v) is 9.42. The number of nitrogens with one attached hydrogen (secondary N) is 1. The first-order chi connectivity index (χ1) is 10.8. The SMILES string of the molecule is CCC(=O)Nc1onc(CC)c1-c1ccc(C)c(S(=O)(=O)Cl)c1. The zero-order valence-electron chi connectivity index (χ0n) is 13.0. The number of nitrogens with zero attached hydrogens (tertiary/aromatic N) is 1. The Balaban J connectivity index is 2.62. The summed E-state index contributed by atoms with van der Waals surface area (Å²) in [5.74, 6) is -0.0159. The van der Waals surface area contributed by atoms with Crippen LogP contribution in [0.3, 0.4) is 0 Å². The van der Waals surface area contributed by atoms with E-state index < -0.39 is 9.05 Å². The summed E-state index contributed by atoms with van der Waals surface area (Å²) < 4.78 is 28.6. The number of rotatable bonds is 5. The molecule has 0 fully saturated rings. The molecule has 1 N–H and O–H groups in total. The Hall–Kier alpha value is -1.86. The van der Waals surface area contributed by atoms with Crippen LogP contribution in [0.5, 0.6) is 0 Å². The lowest BCUT2D eigenvalue weighted by molar-refractivity contribution is -0.116. The molecule has 2 rings (SSSR count). The van der Waals surface area contributed by atoms with Crippen LogP contribution in [-0.4, -0.2) is 19.5 Å². The minimum atomic E-state index is -3.87. The van der Waals surface area contributed by atoms with Crippen LogP contribution in [0.1, 0.15) is 31.5 Å². The molecule has 0 aliphatic heterocycles. The number of aryl methyl sites for hydroxylation is 2. The number of amides is 1. The van der Waals surface area contributed by atoms with Crippen molar-refractivity contribution in [1.82, 2.24) is 5.16 Å². The van der Waals surface area contributed by atoms with Gasteiger partial charge in [-0.3, -0.25) is 10.1 Å². The largest absolute Gasteiger partial charge is 0.337 e. The van der Waals surface area contributed by atoms with Crippen LogP contribution in [0.2, 0.25) is 0 Å². The van der Waals surface area contributed by atoms with Crippen molar-refractivity contribution in [2.24, 2.45) is 0 Å². The zero-order valence-corrected chi connectivity index (χ0v) is 14.6. The van der Waals surface area contributed by atoms with E-state index in [0.29, 0.717) is 28.8 Å². The van der Waals surface area contributed by atoms with Crippen LogP contribution in [0.25, 0.3) is 11.1 Å². The van der Waals surface area contributed by atoms with E-state index in [4.69, 9.17) is 15.2 Å². The van der Waals surface area contributed by atoms with E-state index in [-0.39, 0.29) is 23.1 Å². The molecule has 1 amide bonds. The summed E-state index contributed by atoms with van der Waals surface area (Å²) in [6.07, 6.45) is 0.856. The summed E-state index contributed by atoms with van der Waals surface area (Å²) in [5.41, 5.74) is 2.30. The predicted molar refractivity (Wildman–Crippen MR) is 88.0 cm³/mol. The average molecular weight is 357 g/mol. The summed E-state index contributed by atoms with van der Waals surface area (Å²) in [5, 5.41) is 6.58. The molecule has 0 unspecified atom stereocenters. The van der Waals surface area contributed by atoms with Crippen LogP contribution in [-0.2, 0) is 20.3 Å². The molecule has 0 radical (unpaired) electrons. The van der Waals surface area contributed by atoms with Crippen molar-refractivity contribution in [3.05, 3.63) is 29.5 Å². The molecule has 23 heavy (non-hydrogen) atoms. The second-order valence-corrected chi connectivity index (χ2v) is 7.54. The summed E-state index contributed by atoms with van der Waals surface area (Å²) in [7, 11) is 1.61. The Morgan fingerprint density at radius 1 is 1.35 bits per heavy atom. The van der Waals surface area contributed by atoms with E-state index in [1.165, 1.54) is 6.07 Å². The number of carbonyl (C=O) groups excluding carboxylic acids is 1.